The van der Waals surface area contributed by atoms with Crippen LogP contribution < -0.4 is 5.73 Å². The van der Waals surface area contributed by atoms with Crippen LogP contribution in [0.3, 0.4) is 0 Å². The summed E-state index contributed by atoms with van der Waals surface area (Å²) in [4.78, 5) is 5.89. The second kappa shape index (κ2) is 5.63. The summed E-state index contributed by atoms with van der Waals surface area (Å²) in [6.45, 7) is 0. The van der Waals surface area contributed by atoms with Crippen LogP contribution >= 0.6 is 34.4 Å². The molecule has 2 nitrogen and oxygen atoms in total. The van der Waals surface area contributed by atoms with Crippen LogP contribution in [0.4, 0.5) is 5.00 Å². The van der Waals surface area contributed by atoms with Crippen LogP contribution in [0.25, 0.3) is 10.6 Å². The van der Waals surface area contributed by atoms with E-state index in [2.05, 4.69) is 11.4 Å². The van der Waals surface area contributed by atoms with Crippen molar-refractivity contribution < 1.29 is 0 Å². The maximum absolute atomic E-state index is 6.09. The SMILES string of the molecule is Nc1sc(SC2CCCCC2)nc1-c1cccs1. The quantitative estimate of drug-likeness (QED) is 0.877. The van der Waals surface area contributed by atoms with Gasteiger partial charge in [-0.25, -0.2) is 4.98 Å². The van der Waals surface area contributed by atoms with Crippen LogP contribution in [0.5, 0.6) is 0 Å². The smallest absolute Gasteiger partial charge is 0.152 e. The fraction of sp³-hybridized carbons (Fsp3) is 0.462. The summed E-state index contributed by atoms with van der Waals surface area (Å²) in [6, 6.07) is 4.14. The highest BCUT2D eigenvalue weighted by Crippen LogP contribution is 2.41. The van der Waals surface area contributed by atoms with E-state index in [1.165, 1.54) is 37.0 Å². The summed E-state index contributed by atoms with van der Waals surface area (Å²) in [5.74, 6) is 0. The minimum atomic E-state index is 0.750. The minimum absolute atomic E-state index is 0.750. The molecule has 0 bridgehead atoms. The first kappa shape index (κ1) is 12.5. The molecule has 0 unspecified atom stereocenters. The van der Waals surface area contributed by atoms with Gasteiger partial charge in [-0.1, -0.05) is 48.4 Å². The number of thiophene rings is 1. The van der Waals surface area contributed by atoms with Gasteiger partial charge >= 0.3 is 0 Å². The number of aromatic nitrogens is 1. The molecular weight excluding hydrogens is 280 g/mol. The predicted octanol–water partition coefficient (Wildman–Crippen LogP) is 4.88. The van der Waals surface area contributed by atoms with Crippen molar-refractivity contribution >= 4 is 39.4 Å². The van der Waals surface area contributed by atoms with Crippen molar-refractivity contribution in [2.24, 2.45) is 0 Å². The number of nitrogen functional groups attached to an aromatic ring is 1. The fourth-order valence-electron chi connectivity index (χ4n) is 2.28. The molecule has 1 saturated carbocycles. The van der Waals surface area contributed by atoms with Gasteiger partial charge in [-0.15, -0.1) is 11.3 Å². The van der Waals surface area contributed by atoms with Gasteiger partial charge in [0, 0.05) is 5.25 Å². The van der Waals surface area contributed by atoms with Gasteiger partial charge in [0.2, 0.25) is 0 Å². The van der Waals surface area contributed by atoms with Crippen LogP contribution in [-0.4, -0.2) is 10.2 Å². The normalized spacial score (nSPS) is 17.1. The molecule has 0 atom stereocenters. The van der Waals surface area contributed by atoms with Gasteiger partial charge in [0.05, 0.1) is 4.88 Å². The van der Waals surface area contributed by atoms with Crippen LogP contribution in [0.2, 0.25) is 0 Å². The van der Waals surface area contributed by atoms with Gasteiger partial charge in [0.25, 0.3) is 0 Å². The lowest BCUT2D eigenvalue weighted by atomic mass is 10.0. The summed E-state index contributed by atoms with van der Waals surface area (Å²) < 4.78 is 1.14. The first-order valence-electron chi connectivity index (χ1n) is 6.30. The Kier molecular flexibility index (Phi) is 3.91. The van der Waals surface area contributed by atoms with E-state index < -0.39 is 0 Å². The van der Waals surface area contributed by atoms with Crippen molar-refractivity contribution in [1.82, 2.24) is 4.98 Å². The number of nitrogens with two attached hydrogens (primary N) is 1. The first-order valence-corrected chi connectivity index (χ1v) is 8.87. The number of hydrogen-bond acceptors (Lipinski definition) is 5. The third-order valence-corrected chi connectivity index (χ3v) is 6.40. The van der Waals surface area contributed by atoms with Gasteiger partial charge in [0.1, 0.15) is 10.7 Å². The molecule has 0 aliphatic heterocycles. The maximum atomic E-state index is 6.09. The standard InChI is InChI=1S/C13H16N2S3/c14-12-11(10-7-4-8-16-10)15-13(18-12)17-9-5-2-1-3-6-9/h4,7-9H,1-3,5-6,14H2. The van der Waals surface area contributed by atoms with Crippen LogP contribution in [0.15, 0.2) is 21.9 Å². The van der Waals surface area contributed by atoms with Crippen LogP contribution in [-0.2, 0) is 0 Å². The molecule has 2 aromatic heterocycles. The summed E-state index contributed by atoms with van der Waals surface area (Å²) in [7, 11) is 0. The molecule has 18 heavy (non-hydrogen) atoms. The van der Waals surface area contributed by atoms with E-state index in [-0.39, 0.29) is 0 Å². The van der Waals surface area contributed by atoms with Crippen LogP contribution in [0.1, 0.15) is 32.1 Å². The molecular formula is C13H16N2S3. The summed E-state index contributed by atoms with van der Waals surface area (Å²) in [5, 5.41) is 3.68. The zero-order valence-corrected chi connectivity index (χ0v) is 12.5. The van der Waals surface area contributed by atoms with Gasteiger partial charge < -0.3 is 5.73 Å². The Morgan fingerprint density at radius 2 is 2.11 bits per heavy atom. The van der Waals surface area contributed by atoms with Crippen molar-refractivity contribution in [1.29, 1.82) is 0 Å². The Morgan fingerprint density at radius 1 is 1.28 bits per heavy atom. The average molecular weight is 296 g/mol. The number of thioether (sulfide) groups is 1. The molecule has 5 heteroatoms. The third-order valence-electron chi connectivity index (χ3n) is 3.21. The molecule has 2 aromatic rings. The highest BCUT2D eigenvalue weighted by molar-refractivity contribution is 8.01. The Balaban J connectivity index is 1.75. The molecule has 0 radical (unpaired) electrons. The monoisotopic (exact) mass is 296 g/mol. The summed E-state index contributed by atoms with van der Waals surface area (Å²) >= 11 is 5.28. The molecule has 1 aliphatic carbocycles. The van der Waals surface area contributed by atoms with Crippen molar-refractivity contribution in [3.63, 3.8) is 0 Å². The number of rotatable bonds is 3. The number of nitrogens with zero attached hydrogens (tertiary/aromatic N) is 1. The van der Waals surface area contributed by atoms with Crippen molar-refractivity contribution in [3.05, 3.63) is 17.5 Å². The summed E-state index contributed by atoms with van der Waals surface area (Å²) in [5.41, 5.74) is 7.07. The van der Waals surface area contributed by atoms with Crippen LogP contribution in [0, 0.1) is 0 Å². The second-order valence-corrected chi connectivity index (χ2v) is 8.07. The van der Waals surface area contributed by atoms with Crippen molar-refractivity contribution in [3.8, 4) is 10.6 Å². The fourth-order valence-corrected chi connectivity index (χ4v) is 5.52. The predicted molar refractivity (Wildman–Crippen MR) is 82.6 cm³/mol. The zero-order valence-electron chi connectivity index (χ0n) is 10.1. The first-order chi connectivity index (χ1) is 8.83. The molecule has 1 fully saturated rings. The maximum Gasteiger partial charge on any atom is 0.152 e. The van der Waals surface area contributed by atoms with Gasteiger partial charge in [0.15, 0.2) is 4.34 Å². The molecule has 2 heterocycles. The minimum Gasteiger partial charge on any atom is -0.389 e. The highest BCUT2D eigenvalue weighted by atomic mass is 32.2. The number of hydrogen-bond donors (Lipinski definition) is 1. The van der Waals surface area contributed by atoms with E-state index in [1.54, 1.807) is 22.7 Å². The Hall–Kier alpha value is -0.520. The third kappa shape index (κ3) is 2.73. The number of thiazole rings is 1. The van der Waals surface area contributed by atoms with Crippen molar-refractivity contribution in [2.75, 3.05) is 5.73 Å². The molecule has 0 saturated heterocycles. The molecule has 2 N–H and O–H groups in total. The van der Waals surface area contributed by atoms with Gasteiger partial charge in [-0.05, 0) is 24.3 Å². The number of anilines is 1. The van der Waals surface area contributed by atoms with E-state index in [9.17, 15) is 0 Å². The second-order valence-electron chi connectivity index (χ2n) is 4.55. The van der Waals surface area contributed by atoms with Gasteiger partial charge in [-0.3, -0.25) is 0 Å². The topological polar surface area (TPSA) is 38.9 Å². The molecule has 0 spiro atoms. The Bertz CT molecular complexity index is 498. The van der Waals surface area contributed by atoms with E-state index >= 15 is 0 Å². The lowest BCUT2D eigenvalue weighted by Crippen LogP contribution is -2.07. The lowest BCUT2D eigenvalue weighted by molar-refractivity contribution is 0.516. The largest absolute Gasteiger partial charge is 0.389 e. The molecule has 1 aliphatic rings. The Labute approximate surface area is 120 Å². The molecule has 3 rings (SSSR count). The molecule has 0 amide bonds. The molecule has 0 aromatic carbocycles. The summed E-state index contributed by atoms with van der Waals surface area (Å²) in [6.07, 6.45) is 6.81. The molecule has 96 valence electrons. The van der Waals surface area contributed by atoms with E-state index in [1.807, 2.05) is 17.8 Å². The van der Waals surface area contributed by atoms with Crippen molar-refractivity contribution in [2.45, 2.75) is 41.7 Å². The van der Waals surface area contributed by atoms with E-state index in [0.717, 1.165) is 20.3 Å². The Morgan fingerprint density at radius 3 is 2.83 bits per heavy atom. The van der Waals surface area contributed by atoms with E-state index in [4.69, 9.17) is 10.7 Å². The zero-order chi connectivity index (χ0) is 12.4. The van der Waals surface area contributed by atoms with E-state index in [0.29, 0.717) is 0 Å². The average Bonchev–Trinajstić information content (AvgIpc) is 3.00. The highest BCUT2D eigenvalue weighted by Gasteiger charge is 2.18. The van der Waals surface area contributed by atoms with Gasteiger partial charge in [-0.2, -0.15) is 0 Å². The lowest BCUT2D eigenvalue weighted by Gasteiger charge is -2.19.